The van der Waals surface area contributed by atoms with Crippen LogP contribution in [0.2, 0.25) is 0 Å². The summed E-state index contributed by atoms with van der Waals surface area (Å²) in [5.41, 5.74) is 6.99. The number of halogens is 3. The molecular weight excluding hydrogens is 279 g/mol. The van der Waals surface area contributed by atoms with E-state index >= 15 is 0 Å². The molecular formula is C16H16F3NO. The van der Waals surface area contributed by atoms with E-state index in [1.54, 1.807) is 7.11 Å². The summed E-state index contributed by atoms with van der Waals surface area (Å²) in [7, 11) is 1.57. The van der Waals surface area contributed by atoms with Gasteiger partial charge in [-0.2, -0.15) is 13.2 Å². The third-order valence-corrected chi connectivity index (χ3v) is 3.30. The first-order chi connectivity index (χ1) is 9.91. The van der Waals surface area contributed by atoms with Gasteiger partial charge in [0, 0.05) is 6.04 Å². The number of benzene rings is 2. The molecule has 0 aliphatic rings. The molecule has 2 aromatic rings. The molecule has 0 aliphatic carbocycles. The molecule has 2 aromatic carbocycles. The SMILES string of the molecule is COc1ccccc1CC(N)c1ccc(C(F)(F)F)cc1. The number of hydrogen-bond acceptors (Lipinski definition) is 2. The van der Waals surface area contributed by atoms with Crippen molar-refractivity contribution in [3.63, 3.8) is 0 Å². The molecule has 2 N–H and O–H groups in total. The Morgan fingerprint density at radius 3 is 2.24 bits per heavy atom. The minimum absolute atomic E-state index is 0.386. The van der Waals surface area contributed by atoms with Gasteiger partial charge < -0.3 is 10.5 Å². The molecule has 0 aliphatic heterocycles. The number of para-hydroxylation sites is 1. The van der Waals surface area contributed by atoms with Crippen molar-refractivity contribution in [1.29, 1.82) is 0 Å². The van der Waals surface area contributed by atoms with Crippen LogP contribution < -0.4 is 10.5 Å². The summed E-state index contributed by atoms with van der Waals surface area (Å²) >= 11 is 0. The smallest absolute Gasteiger partial charge is 0.416 e. The van der Waals surface area contributed by atoms with Crippen LogP contribution in [0.4, 0.5) is 13.2 Å². The summed E-state index contributed by atoms with van der Waals surface area (Å²) in [6, 6.07) is 12.0. The fourth-order valence-corrected chi connectivity index (χ4v) is 2.15. The first kappa shape index (κ1) is 15.4. The molecule has 2 rings (SSSR count). The molecule has 0 heterocycles. The van der Waals surface area contributed by atoms with Gasteiger partial charge in [-0.05, 0) is 35.7 Å². The third-order valence-electron chi connectivity index (χ3n) is 3.30. The van der Waals surface area contributed by atoms with Crippen LogP contribution in [0.15, 0.2) is 48.5 Å². The Morgan fingerprint density at radius 2 is 1.67 bits per heavy atom. The van der Waals surface area contributed by atoms with Crippen molar-refractivity contribution in [3.8, 4) is 5.75 Å². The average molecular weight is 295 g/mol. The molecule has 0 saturated heterocycles. The predicted molar refractivity (Wildman–Crippen MR) is 75.1 cm³/mol. The van der Waals surface area contributed by atoms with E-state index in [1.807, 2.05) is 24.3 Å². The number of methoxy groups -OCH3 is 1. The van der Waals surface area contributed by atoms with E-state index in [0.717, 1.165) is 23.4 Å². The molecule has 1 atom stereocenters. The summed E-state index contributed by atoms with van der Waals surface area (Å²) in [6.45, 7) is 0. The van der Waals surface area contributed by atoms with Crippen LogP contribution in [0, 0.1) is 0 Å². The molecule has 2 nitrogen and oxygen atoms in total. The predicted octanol–water partition coefficient (Wildman–Crippen LogP) is 3.96. The van der Waals surface area contributed by atoms with E-state index in [9.17, 15) is 13.2 Å². The molecule has 0 amide bonds. The highest BCUT2D eigenvalue weighted by molar-refractivity contribution is 5.35. The molecule has 0 bridgehead atoms. The zero-order chi connectivity index (χ0) is 15.5. The zero-order valence-electron chi connectivity index (χ0n) is 11.5. The van der Waals surface area contributed by atoms with Crippen molar-refractivity contribution in [3.05, 3.63) is 65.2 Å². The Morgan fingerprint density at radius 1 is 1.05 bits per heavy atom. The van der Waals surface area contributed by atoms with Crippen LogP contribution in [-0.4, -0.2) is 7.11 Å². The minimum Gasteiger partial charge on any atom is -0.496 e. The lowest BCUT2D eigenvalue weighted by Gasteiger charge is -2.15. The Kier molecular flexibility index (Phi) is 4.53. The highest BCUT2D eigenvalue weighted by Gasteiger charge is 2.30. The number of nitrogens with two attached hydrogens (primary N) is 1. The van der Waals surface area contributed by atoms with E-state index in [0.29, 0.717) is 12.0 Å². The standard InChI is InChI=1S/C16H16F3NO/c1-21-15-5-3-2-4-12(15)10-14(20)11-6-8-13(9-7-11)16(17,18)19/h2-9,14H,10,20H2,1H3. The van der Waals surface area contributed by atoms with Gasteiger partial charge in [0.05, 0.1) is 12.7 Å². The van der Waals surface area contributed by atoms with Crippen LogP contribution in [0.1, 0.15) is 22.7 Å². The topological polar surface area (TPSA) is 35.2 Å². The lowest BCUT2D eigenvalue weighted by molar-refractivity contribution is -0.137. The quantitative estimate of drug-likeness (QED) is 0.926. The molecule has 5 heteroatoms. The molecule has 21 heavy (non-hydrogen) atoms. The fourth-order valence-electron chi connectivity index (χ4n) is 2.15. The molecule has 0 spiro atoms. The first-order valence-electron chi connectivity index (χ1n) is 6.46. The van der Waals surface area contributed by atoms with Gasteiger partial charge >= 0.3 is 6.18 Å². The second kappa shape index (κ2) is 6.18. The lowest BCUT2D eigenvalue weighted by atomic mass is 9.98. The monoisotopic (exact) mass is 295 g/mol. The molecule has 112 valence electrons. The van der Waals surface area contributed by atoms with Crippen molar-refractivity contribution < 1.29 is 17.9 Å². The van der Waals surface area contributed by atoms with Gasteiger partial charge in [0.1, 0.15) is 5.75 Å². The van der Waals surface area contributed by atoms with E-state index in [2.05, 4.69) is 0 Å². The second-order valence-electron chi connectivity index (χ2n) is 4.74. The van der Waals surface area contributed by atoms with Crippen molar-refractivity contribution in [2.45, 2.75) is 18.6 Å². The van der Waals surface area contributed by atoms with Gasteiger partial charge in [0.15, 0.2) is 0 Å². The Bertz CT molecular complexity index is 593. The van der Waals surface area contributed by atoms with Crippen LogP contribution in [0.25, 0.3) is 0 Å². The third kappa shape index (κ3) is 3.76. The van der Waals surface area contributed by atoms with Crippen molar-refractivity contribution in [2.75, 3.05) is 7.11 Å². The normalized spacial score (nSPS) is 13.0. The Labute approximate surface area is 121 Å². The van der Waals surface area contributed by atoms with Crippen LogP contribution in [0.5, 0.6) is 5.75 Å². The van der Waals surface area contributed by atoms with Gasteiger partial charge in [0.2, 0.25) is 0 Å². The van der Waals surface area contributed by atoms with Crippen LogP contribution >= 0.6 is 0 Å². The molecule has 0 fully saturated rings. The van der Waals surface area contributed by atoms with Gasteiger partial charge in [-0.15, -0.1) is 0 Å². The Balaban J connectivity index is 2.15. The van der Waals surface area contributed by atoms with E-state index < -0.39 is 11.7 Å². The summed E-state index contributed by atoms with van der Waals surface area (Å²) in [5, 5.41) is 0. The largest absolute Gasteiger partial charge is 0.496 e. The maximum atomic E-state index is 12.5. The molecule has 0 radical (unpaired) electrons. The van der Waals surface area contributed by atoms with Crippen molar-refractivity contribution in [2.24, 2.45) is 5.73 Å². The van der Waals surface area contributed by atoms with Crippen molar-refractivity contribution in [1.82, 2.24) is 0 Å². The number of ether oxygens (including phenoxy) is 1. The van der Waals surface area contributed by atoms with Crippen molar-refractivity contribution >= 4 is 0 Å². The summed E-state index contributed by atoms with van der Waals surface area (Å²) < 4.78 is 42.8. The number of alkyl halides is 3. The first-order valence-corrected chi connectivity index (χ1v) is 6.46. The van der Waals surface area contributed by atoms with Gasteiger partial charge in [-0.25, -0.2) is 0 Å². The van der Waals surface area contributed by atoms with E-state index in [4.69, 9.17) is 10.5 Å². The second-order valence-corrected chi connectivity index (χ2v) is 4.74. The maximum Gasteiger partial charge on any atom is 0.416 e. The highest BCUT2D eigenvalue weighted by atomic mass is 19.4. The summed E-state index contributed by atoms with van der Waals surface area (Å²) in [4.78, 5) is 0. The summed E-state index contributed by atoms with van der Waals surface area (Å²) in [6.07, 6.45) is -3.83. The number of hydrogen-bond donors (Lipinski definition) is 1. The van der Waals surface area contributed by atoms with Crippen LogP contribution in [-0.2, 0) is 12.6 Å². The summed E-state index contributed by atoms with van der Waals surface area (Å²) in [5.74, 6) is 0.722. The molecule has 1 unspecified atom stereocenters. The van der Waals surface area contributed by atoms with Crippen LogP contribution in [0.3, 0.4) is 0 Å². The fraction of sp³-hybridized carbons (Fsp3) is 0.250. The van der Waals surface area contributed by atoms with Gasteiger partial charge in [-0.3, -0.25) is 0 Å². The average Bonchev–Trinajstić information content (AvgIpc) is 2.47. The van der Waals surface area contributed by atoms with E-state index in [1.165, 1.54) is 12.1 Å². The molecule has 0 saturated carbocycles. The Hall–Kier alpha value is -2.01. The molecule has 0 aromatic heterocycles. The minimum atomic E-state index is -4.33. The lowest BCUT2D eigenvalue weighted by Crippen LogP contribution is -2.14. The zero-order valence-corrected chi connectivity index (χ0v) is 11.5. The van der Waals surface area contributed by atoms with Gasteiger partial charge in [-0.1, -0.05) is 30.3 Å². The number of rotatable bonds is 4. The highest BCUT2D eigenvalue weighted by Crippen LogP contribution is 2.30. The maximum absolute atomic E-state index is 12.5. The van der Waals surface area contributed by atoms with E-state index in [-0.39, 0.29) is 6.04 Å². The van der Waals surface area contributed by atoms with Gasteiger partial charge in [0.25, 0.3) is 0 Å².